The van der Waals surface area contributed by atoms with Crippen LogP contribution in [-0.2, 0) is 19.1 Å². The van der Waals surface area contributed by atoms with Crippen molar-refractivity contribution in [3.63, 3.8) is 0 Å². The average Bonchev–Trinajstić information content (AvgIpc) is 2.76. The Hall–Kier alpha value is -1.89. The number of halogens is 4. The van der Waals surface area contributed by atoms with E-state index in [0.717, 1.165) is 4.68 Å². The smallest absolute Gasteiger partial charge is 0.396 e. The SMILES string of the molecule is OCCc1cn(Cc2ccccc2F)nc1C(F)(F)F. The molecule has 1 N–H and O–H groups in total. The Balaban J connectivity index is 2.32. The summed E-state index contributed by atoms with van der Waals surface area (Å²) in [5, 5.41) is 12.2. The molecular weight excluding hydrogens is 276 g/mol. The summed E-state index contributed by atoms with van der Waals surface area (Å²) in [7, 11) is 0. The van der Waals surface area contributed by atoms with Crippen LogP contribution in [0, 0.1) is 5.82 Å². The molecule has 0 amide bonds. The minimum absolute atomic E-state index is 0.0960. The number of aromatic nitrogens is 2. The molecule has 0 bridgehead atoms. The molecule has 1 aromatic carbocycles. The van der Waals surface area contributed by atoms with Crippen LogP contribution < -0.4 is 0 Å². The first-order chi connectivity index (χ1) is 9.41. The molecular formula is C13H12F4N2O. The second kappa shape index (κ2) is 5.62. The number of nitrogens with zero attached hydrogens (tertiary/aromatic N) is 2. The number of hydrogen-bond acceptors (Lipinski definition) is 2. The van der Waals surface area contributed by atoms with Crippen LogP contribution in [0.15, 0.2) is 30.5 Å². The lowest BCUT2D eigenvalue weighted by Crippen LogP contribution is -2.11. The van der Waals surface area contributed by atoms with Gasteiger partial charge in [0, 0.05) is 23.9 Å². The van der Waals surface area contributed by atoms with E-state index in [9.17, 15) is 17.6 Å². The topological polar surface area (TPSA) is 38.0 Å². The molecule has 0 aliphatic heterocycles. The third kappa shape index (κ3) is 3.16. The van der Waals surface area contributed by atoms with Gasteiger partial charge in [-0.3, -0.25) is 4.68 Å². The molecule has 0 saturated heterocycles. The summed E-state index contributed by atoms with van der Waals surface area (Å²) in [6.45, 7) is -0.504. The number of alkyl halides is 3. The molecule has 7 heteroatoms. The summed E-state index contributed by atoms with van der Waals surface area (Å²) < 4.78 is 52.8. The third-order valence-corrected chi connectivity index (χ3v) is 2.78. The molecule has 108 valence electrons. The molecule has 1 aromatic heterocycles. The fourth-order valence-corrected chi connectivity index (χ4v) is 1.89. The van der Waals surface area contributed by atoms with Gasteiger partial charge in [-0.1, -0.05) is 18.2 Å². The van der Waals surface area contributed by atoms with Crippen molar-refractivity contribution in [2.75, 3.05) is 6.61 Å². The molecule has 0 spiro atoms. The van der Waals surface area contributed by atoms with Crippen LogP contribution in [0.2, 0.25) is 0 Å². The summed E-state index contributed by atoms with van der Waals surface area (Å²) in [6.07, 6.45) is -3.55. The van der Waals surface area contributed by atoms with Crippen LogP contribution in [0.3, 0.4) is 0 Å². The zero-order valence-corrected chi connectivity index (χ0v) is 10.4. The van der Waals surface area contributed by atoms with Crippen LogP contribution in [-0.4, -0.2) is 21.5 Å². The van der Waals surface area contributed by atoms with Gasteiger partial charge in [0.15, 0.2) is 5.69 Å². The Bertz CT molecular complexity index is 592. The lowest BCUT2D eigenvalue weighted by Gasteiger charge is -2.05. The Morgan fingerprint density at radius 3 is 2.45 bits per heavy atom. The normalized spacial score (nSPS) is 11.8. The van der Waals surface area contributed by atoms with E-state index < -0.39 is 24.3 Å². The Kier molecular flexibility index (Phi) is 4.08. The maximum absolute atomic E-state index is 13.5. The zero-order valence-electron chi connectivity index (χ0n) is 10.4. The van der Waals surface area contributed by atoms with E-state index >= 15 is 0 Å². The third-order valence-electron chi connectivity index (χ3n) is 2.78. The summed E-state index contributed by atoms with van der Waals surface area (Å²) in [4.78, 5) is 0. The molecule has 0 atom stereocenters. The second-order valence-electron chi connectivity index (χ2n) is 4.26. The minimum atomic E-state index is -4.59. The first-order valence-corrected chi connectivity index (χ1v) is 5.89. The van der Waals surface area contributed by atoms with Gasteiger partial charge >= 0.3 is 6.18 Å². The highest BCUT2D eigenvalue weighted by Crippen LogP contribution is 2.31. The van der Waals surface area contributed by atoms with Crippen LogP contribution >= 0.6 is 0 Å². The van der Waals surface area contributed by atoms with Crippen LogP contribution in [0.1, 0.15) is 16.8 Å². The van der Waals surface area contributed by atoms with Gasteiger partial charge in [-0.2, -0.15) is 18.3 Å². The van der Waals surface area contributed by atoms with Crippen molar-refractivity contribution in [1.29, 1.82) is 0 Å². The highest BCUT2D eigenvalue weighted by atomic mass is 19.4. The summed E-state index contributed by atoms with van der Waals surface area (Å²) >= 11 is 0. The monoisotopic (exact) mass is 288 g/mol. The average molecular weight is 288 g/mol. The maximum Gasteiger partial charge on any atom is 0.435 e. The van der Waals surface area contributed by atoms with E-state index in [1.165, 1.54) is 24.4 Å². The fraction of sp³-hybridized carbons (Fsp3) is 0.308. The van der Waals surface area contributed by atoms with Gasteiger partial charge in [0.2, 0.25) is 0 Å². The van der Waals surface area contributed by atoms with Crippen molar-refractivity contribution in [3.8, 4) is 0 Å². The molecule has 1 heterocycles. The Morgan fingerprint density at radius 1 is 1.15 bits per heavy atom. The fourth-order valence-electron chi connectivity index (χ4n) is 1.89. The predicted molar refractivity (Wildman–Crippen MR) is 63.5 cm³/mol. The molecule has 0 radical (unpaired) electrons. The van der Waals surface area contributed by atoms with Crippen molar-refractivity contribution in [2.45, 2.75) is 19.1 Å². The van der Waals surface area contributed by atoms with Gasteiger partial charge in [0.1, 0.15) is 5.82 Å². The highest BCUT2D eigenvalue weighted by Gasteiger charge is 2.36. The van der Waals surface area contributed by atoms with E-state index in [-0.39, 0.29) is 24.1 Å². The molecule has 20 heavy (non-hydrogen) atoms. The molecule has 0 aliphatic carbocycles. The number of hydrogen-bond donors (Lipinski definition) is 1. The summed E-state index contributed by atoms with van der Waals surface area (Å²) in [5.41, 5.74) is -0.890. The van der Waals surface area contributed by atoms with Crippen LogP contribution in [0.5, 0.6) is 0 Å². The van der Waals surface area contributed by atoms with Crippen LogP contribution in [0.25, 0.3) is 0 Å². The quantitative estimate of drug-likeness (QED) is 0.878. The number of rotatable bonds is 4. The molecule has 0 fully saturated rings. The zero-order chi connectivity index (χ0) is 14.8. The van der Waals surface area contributed by atoms with E-state index in [0.29, 0.717) is 0 Å². The number of aliphatic hydroxyl groups is 1. The number of aliphatic hydroxyl groups excluding tert-OH is 1. The van der Waals surface area contributed by atoms with Crippen molar-refractivity contribution in [2.24, 2.45) is 0 Å². The molecule has 2 rings (SSSR count). The predicted octanol–water partition coefficient (Wildman–Crippen LogP) is 2.62. The Morgan fingerprint density at radius 2 is 1.85 bits per heavy atom. The van der Waals surface area contributed by atoms with Gasteiger partial charge in [0.05, 0.1) is 6.54 Å². The van der Waals surface area contributed by atoms with Crippen molar-refractivity contribution >= 4 is 0 Å². The first-order valence-electron chi connectivity index (χ1n) is 5.89. The van der Waals surface area contributed by atoms with E-state index in [2.05, 4.69) is 5.10 Å². The van der Waals surface area contributed by atoms with Gasteiger partial charge in [-0.15, -0.1) is 0 Å². The molecule has 3 nitrogen and oxygen atoms in total. The second-order valence-corrected chi connectivity index (χ2v) is 4.26. The first kappa shape index (κ1) is 14.5. The van der Waals surface area contributed by atoms with Crippen molar-refractivity contribution < 1.29 is 22.7 Å². The van der Waals surface area contributed by atoms with Gasteiger partial charge in [-0.25, -0.2) is 4.39 Å². The minimum Gasteiger partial charge on any atom is -0.396 e. The van der Waals surface area contributed by atoms with E-state index in [4.69, 9.17) is 5.11 Å². The molecule has 0 aliphatic rings. The Labute approximate surface area is 112 Å². The van der Waals surface area contributed by atoms with E-state index in [1.54, 1.807) is 6.07 Å². The standard InChI is InChI=1S/C13H12F4N2O/c14-11-4-2-1-3-9(11)7-19-8-10(5-6-20)12(18-19)13(15,16)17/h1-4,8,20H,5-7H2. The lowest BCUT2D eigenvalue weighted by atomic mass is 10.2. The summed E-state index contributed by atoms with van der Waals surface area (Å²) in [5.74, 6) is -0.500. The molecule has 2 aromatic rings. The highest BCUT2D eigenvalue weighted by molar-refractivity contribution is 5.22. The molecule has 0 saturated carbocycles. The van der Waals surface area contributed by atoms with E-state index in [1.807, 2.05) is 0 Å². The number of benzene rings is 1. The van der Waals surface area contributed by atoms with Gasteiger partial charge in [0.25, 0.3) is 0 Å². The van der Waals surface area contributed by atoms with Gasteiger partial charge in [-0.05, 0) is 12.5 Å². The summed E-state index contributed by atoms with van der Waals surface area (Å²) in [6, 6.07) is 5.82. The van der Waals surface area contributed by atoms with Crippen LogP contribution in [0.4, 0.5) is 17.6 Å². The maximum atomic E-state index is 13.5. The van der Waals surface area contributed by atoms with Crippen molar-refractivity contribution in [3.05, 3.63) is 53.1 Å². The lowest BCUT2D eigenvalue weighted by molar-refractivity contribution is -0.142. The van der Waals surface area contributed by atoms with Crippen molar-refractivity contribution in [1.82, 2.24) is 9.78 Å². The van der Waals surface area contributed by atoms with Gasteiger partial charge < -0.3 is 5.11 Å². The molecule has 0 unspecified atom stereocenters. The largest absolute Gasteiger partial charge is 0.435 e.